The predicted octanol–water partition coefficient (Wildman–Crippen LogP) is 2.34. The van der Waals surface area contributed by atoms with E-state index in [0.29, 0.717) is 23.0 Å². The van der Waals surface area contributed by atoms with Gasteiger partial charge in [-0.25, -0.2) is 0 Å². The lowest BCUT2D eigenvalue weighted by atomic mass is 10.1. The van der Waals surface area contributed by atoms with Gasteiger partial charge in [0, 0.05) is 18.3 Å². The van der Waals surface area contributed by atoms with Crippen molar-refractivity contribution >= 4 is 17.3 Å². The van der Waals surface area contributed by atoms with Crippen LogP contribution in [0.1, 0.15) is 26.7 Å². The number of anilines is 2. The van der Waals surface area contributed by atoms with E-state index in [0.717, 1.165) is 13.1 Å². The van der Waals surface area contributed by atoms with Crippen molar-refractivity contribution in [2.24, 2.45) is 5.92 Å². The number of nitrogens with two attached hydrogens (primary N) is 1. The van der Waals surface area contributed by atoms with Gasteiger partial charge in [-0.05, 0) is 37.9 Å². The molecule has 1 heterocycles. The second-order valence-corrected chi connectivity index (χ2v) is 5.68. The zero-order chi connectivity index (χ0) is 15.4. The fourth-order valence-corrected chi connectivity index (χ4v) is 2.76. The zero-order valence-electron chi connectivity index (χ0n) is 13.1. The number of nitrogen functional groups attached to an aromatic ring is 1. The molecule has 1 aliphatic heterocycles. The van der Waals surface area contributed by atoms with E-state index < -0.39 is 0 Å². The molecule has 1 fully saturated rings. The lowest BCUT2D eigenvalue weighted by Crippen LogP contribution is -2.40. The molecule has 21 heavy (non-hydrogen) atoms. The number of nitrogens with one attached hydrogen (secondary N) is 1. The highest BCUT2D eigenvalue weighted by atomic mass is 16.5. The van der Waals surface area contributed by atoms with Gasteiger partial charge in [0.2, 0.25) is 5.91 Å². The first-order valence-electron chi connectivity index (χ1n) is 7.53. The summed E-state index contributed by atoms with van der Waals surface area (Å²) in [5.74, 6) is 1.30. The van der Waals surface area contributed by atoms with Gasteiger partial charge < -0.3 is 15.8 Å². The molecule has 5 heteroatoms. The van der Waals surface area contributed by atoms with Crippen molar-refractivity contribution < 1.29 is 9.53 Å². The Morgan fingerprint density at radius 2 is 2.33 bits per heavy atom. The number of rotatable bonds is 5. The van der Waals surface area contributed by atoms with E-state index >= 15 is 0 Å². The van der Waals surface area contributed by atoms with Crippen LogP contribution in [-0.4, -0.2) is 37.0 Å². The van der Waals surface area contributed by atoms with Gasteiger partial charge in [0.1, 0.15) is 5.75 Å². The Bertz CT molecular complexity index is 504. The Morgan fingerprint density at radius 3 is 2.95 bits per heavy atom. The summed E-state index contributed by atoms with van der Waals surface area (Å²) in [6.45, 7) is 6.16. The van der Waals surface area contributed by atoms with Crippen molar-refractivity contribution in [2.75, 3.05) is 31.2 Å². The van der Waals surface area contributed by atoms with Crippen LogP contribution < -0.4 is 15.8 Å². The molecule has 1 aromatic rings. The summed E-state index contributed by atoms with van der Waals surface area (Å²) in [7, 11) is 1.57. The molecule has 1 saturated heterocycles. The molecule has 3 N–H and O–H groups in total. The molecule has 5 nitrogen and oxygen atoms in total. The van der Waals surface area contributed by atoms with Crippen LogP contribution in [0.3, 0.4) is 0 Å². The molecule has 0 aliphatic carbocycles. The predicted molar refractivity (Wildman–Crippen MR) is 85.5 cm³/mol. The van der Waals surface area contributed by atoms with Gasteiger partial charge in [0.15, 0.2) is 0 Å². The van der Waals surface area contributed by atoms with Gasteiger partial charge in [0.25, 0.3) is 0 Å². The first-order valence-corrected chi connectivity index (χ1v) is 7.53. The molecule has 0 spiro atoms. The summed E-state index contributed by atoms with van der Waals surface area (Å²) in [5.41, 5.74) is 7.00. The average molecular weight is 291 g/mol. The Balaban J connectivity index is 2.01. The highest BCUT2D eigenvalue weighted by Crippen LogP contribution is 2.27. The lowest BCUT2D eigenvalue weighted by Gasteiger charge is -2.24. The van der Waals surface area contributed by atoms with Crippen molar-refractivity contribution in [1.82, 2.24) is 4.90 Å². The van der Waals surface area contributed by atoms with Gasteiger partial charge in [-0.3, -0.25) is 9.69 Å². The Hall–Kier alpha value is -1.75. The minimum absolute atomic E-state index is 0.00479. The molecule has 116 valence electrons. The Kier molecular flexibility index (Phi) is 5.07. The van der Waals surface area contributed by atoms with Gasteiger partial charge in [-0.2, -0.15) is 0 Å². The molecule has 1 aliphatic rings. The van der Waals surface area contributed by atoms with Gasteiger partial charge >= 0.3 is 0 Å². The molecule has 0 saturated carbocycles. The molecular formula is C16H25N3O2. The lowest BCUT2D eigenvalue weighted by molar-refractivity contribution is -0.120. The molecule has 1 aromatic carbocycles. The number of hydrogen-bond donors (Lipinski definition) is 2. The van der Waals surface area contributed by atoms with E-state index in [2.05, 4.69) is 17.1 Å². The number of ether oxygens (including phenoxy) is 1. The van der Waals surface area contributed by atoms with Crippen LogP contribution in [0.15, 0.2) is 18.2 Å². The summed E-state index contributed by atoms with van der Waals surface area (Å²) >= 11 is 0. The number of amides is 1. The topological polar surface area (TPSA) is 67.6 Å². The second-order valence-electron chi connectivity index (χ2n) is 5.68. The number of benzene rings is 1. The summed E-state index contributed by atoms with van der Waals surface area (Å²) in [6.07, 6.45) is 2.36. The third kappa shape index (κ3) is 3.67. The van der Waals surface area contributed by atoms with E-state index in [1.165, 1.54) is 12.8 Å². The maximum atomic E-state index is 12.4. The SMILES string of the molecule is CCC1CCN(C(C)C(=O)Nc2ccc(N)cc2OC)C1. The summed E-state index contributed by atoms with van der Waals surface area (Å²) < 4.78 is 5.26. The van der Waals surface area contributed by atoms with E-state index in [1.807, 2.05) is 6.92 Å². The first kappa shape index (κ1) is 15.6. The average Bonchev–Trinajstić information content (AvgIpc) is 2.97. The van der Waals surface area contributed by atoms with Crippen LogP contribution in [0, 0.1) is 5.92 Å². The third-order valence-electron chi connectivity index (χ3n) is 4.31. The second kappa shape index (κ2) is 6.80. The highest BCUT2D eigenvalue weighted by molar-refractivity contribution is 5.96. The number of methoxy groups -OCH3 is 1. The molecule has 1 amide bonds. The summed E-state index contributed by atoms with van der Waals surface area (Å²) in [4.78, 5) is 14.7. The number of carbonyl (C=O) groups excluding carboxylic acids is 1. The summed E-state index contributed by atoms with van der Waals surface area (Å²) in [5, 5.41) is 2.94. The van der Waals surface area contributed by atoms with Crippen molar-refractivity contribution in [3.63, 3.8) is 0 Å². The van der Waals surface area contributed by atoms with Crippen LogP contribution in [0.25, 0.3) is 0 Å². The minimum atomic E-state index is -0.135. The third-order valence-corrected chi connectivity index (χ3v) is 4.31. The molecule has 0 aromatic heterocycles. The summed E-state index contributed by atoms with van der Waals surface area (Å²) in [6, 6.07) is 5.11. The zero-order valence-corrected chi connectivity index (χ0v) is 13.1. The molecule has 2 atom stereocenters. The van der Waals surface area contributed by atoms with Crippen LogP contribution >= 0.6 is 0 Å². The number of hydrogen-bond acceptors (Lipinski definition) is 4. The van der Waals surface area contributed by atoms with Gasteiger partial charge in [-0.1, -0.05) is 13.3 Å². The van der Waals surface area contributed by atoms with Crippen LogP contribution in [0.5, 0.6) is 5.75 Å². The normalized spacial score (nSPS) is 20.2. The van der Waals surface area contributed by atoms with Gasteiger partial charge in [-0.15, -0.1) is 0 Å². The molecule has 0 bridgehead atoms. The molecule has 2 unspecified atom stereocenters. The van der Waals surface area contributed by atoms with Crippen molar-refractivity contribution in [3.05, 3.63) is 18.2 Å². The fourth-order valence-electron chi connectivity index (χ4n) is 2.76. The molecule has 2 rings (SSSR count). The van der Waals surface area contributed by atoms with E-state index in [1.54, 1.807) is 25.3 Å². The van der Waals surface area contributed by atoms with Crippen LogP contribution in [0.4, 0.5) is 11.4 Å². The van der Waals surface area contributed by atoms with E-state index in [-0.39, 0.29) is 11.9 Å². The number of nitrogens with zero attached hydrogens (tertiary/aromatic N) is 1. The Labute approximate surface area is 126 Å². The van der Waals surface area contributed by atoms with E-state index in [9.17, 15) is 4.79 Å². The van der Waals surface area contributed by atoms with Crippen molar-refractivity contribution in [2.45, 2.75) is 32.7 Å². The molecule has 0 radical (unpaired) electrons. The smallest absolute Gasteiger partial charge is 0.241 e. The minimum Gasteiger partial charge on any atom is -0.494 e. The monoisotopic (exact) mass is 291 g/mol. The Morgan fingerprint density at radius 1 is 1.57 bits per heavy atom. The first-order chi connectivity index (χ1) is 10.0. The molecular weight excluding hydrogens is 266 g/mol. The number of carbonyl (C=O) groups is 1. The van der Waals surface area contributed by atoms with Crippen molar-refractivity contribution in [1.29, 1.82) is 0 Å². The van der Waals surface area contributed by atoms with Crippen LogP contribution in [0.2, 0.25) is 0 Å². The number of likely N-dealkylation sites (tertiary alicyclic amines) is 1. The fraction of sp³-hybridized carbons (Fsp3) is 0.562. The van der Waals surface area contributed by atoms with Crippen LogP contribution in [-0.2, 0) is 4.79 Å². The largest absolute Gasteiger partial charge is 0.494 e. The van der Waals surface area contributed by atoms with Gasteiger partial charge in [0.05, 0.1) is 18.8 Å². The maximum absolute atomic E-state index is 12.4. The standard InChI is InChI=1S/C16H25N3O2/c1-4-12-7-8-19(10-12)11(2)16(20)18-14-6-5-13(17)9-15(14)21-3/h5-6,9,11-12H,4,7-8,10,17H2,1-3H3,(H,18,20). The quantitative estimate of drug-likeness (QED) is 0.817. The van der Waals surface area contributed by atoms with E-state index in [4.69, 9.17) is 10.5 Å². The highest BCUT2D eigenvalue weighted by Gasteiger charge is 2.28. The maximum Gasteiger partial charge on any atom is 0.241 e. The van der Waals surface area contributed by atoms with Crippen molar-refractivity contribution in [3.8, 4) is 5.75 Å².